The maximum absolute atomic E-state index is 11.2. The van der Waals surface area contributed by atoms with Crippen molar-refractivity contribution in [2.24, 2.45) is 0 Å². The molecule has 0 radical (unpaired) electrons. The Hall–Kier alpha value is -2.31. The molecule has 0 aromatic carbocycles. The van der Waals surface area contributed by atoms with Crippen LogP contribution in [0.2, 0.25) is 0 Å². The van der Waals surface area contributed by atoms with E-state index in [2.05, 4.69) is 19.4 Å². The number of nitrogens with zero attached hydrogens (tertiary/aromatic N) is 3. The fraction of sp³-hybridized carbons (Fsp3) is 0.125. The fourth-order valence-electron chi connectivity index (χ4n) is 1.14. The number of imidazole rings is 1. The summed E-state index contributed by atoms with van der Waals surface area (Å²) < 4.78 is 10.6. The Morgan fingerprint density at radius 3 is 3.07 bits per heavy atom. The second-order valence-corrected chi connectivity index (χ2v) is 2.72. The molecule has 2 rings (SSSR count). The smallest absolute Gasteiger partial charge is 0.360 e. The molecule has 0 aliphatic carbocycles. The summed E-state index contributed by atoms with van der Waals surface area (Å²) in [4.78, 5) is 15.0. The van der Waals surface area contributed by atoms with Gasteiger partial charge in [-0.15, -0.1) is 0 Å². The first kappa shape index (κ1) is 9.25. The lowest BCUT2D eigenvalue weighted by atomic mass is 10.4. The second-order valence-electron chi connectivity index (χ2n) is 2.72. The zero-order valence-electron chi connectivity index (χ0n) is 7.88. The van der Waals surface area contributed by atoms with Crippen LogP contribution in [0.4, 0.5) is 5.82 Å². The molecule has 15 heavy (non-hydrogen) atoms. The number of carbonyl (C=O) groups is 1. The number of anilines is 1. The number of hydrogen-bond acceptors (Lipinski definition) is 6. The molecule has 0 aliphatic heterocycles. The molecule has 0 atom stereocenters. The van der Waals surface area contributed by atoms with Crippen molar-refractivity contribution >= 4 is 11.8 Å². The van der Waals surface area contributed by atoms with Crippen LogP contribution in [0.15, 0.2) is 23.3 Å². The summed E-state index contributed by atoms with van der Waals surface area (Å²) in [7, 11) is 1.26. The van der Waals surface area contributed by atoms with E-state index in [4.69, 9.17) is 5.73 Å². The monoisotopic (exact) mass is 208 g/mol. The summed E-state index contributed by atoms with van der Waals surface area (Å²) in [6.45, 7) is 0. The van der Waals surface area contributed by atoms with Crippen molar-refractivity contribution in [1.82, 2.24) is 14.7 Å². The number of nitrogen functional groups attached to an aromatic ring is 1. The van der Waals surface area contributed by atoms with Crippen LogP contribution in [-0.4, -0.2) is 27.8 Å². The van der Waals surface area contributed by atoms with Gasteiger partial charge in [0.25, 0.3) is 0 Å². The van der Waals surface area contributed by atoms with E-state index in [9.17, 15) is 4.79 Å². The first-order valence-corrected chi connectivity index (χ1v) is 4.05. The van der Waals surface area contributed by atoms with Crippen molar-refractivity contribution in [2.75, 3.05) is 12.8 Å². The highest BCUT2D eigenvalue weighted by molar-refractivity contribution is 5.92. The Balaban J connectivity index is 2.45. The predicted molar refractivity (Wildman–Crippen MR) is 49.4 cm³/mol. The third kappa shape index (κ3) is 1.43. The quantitative estimate of drug-likeness (QED) is 0.709. The number of aromatic nitrogens is 3. The van der Waals surface area contributed by atoms with Crippen LogP contribution in [0.1, 0.15) is 10.5 Å². The van der Waals surface area contributed by atoms with Gasteiger partial charge in [-0.1, -0.05) is 5.16 Å². The van der Waals surface area contributed by atoms with Crippen molar-refractivity contribution < 1.29 is 14.1 Å². The molecule has 0 saturated heterocycles. The summed E-state index contributed by atoms with van der Waals surface area (Å²) in [5, 5.41) is 3.52. The summed E-state index contributed by atoms with van der Waals surface area (Å²) >= 11 is 0. The van der Waals surface area contributed by atoms with E-state index in [0.29, 0.717) is 5.69 Å². The van der Waals surface area contributed by atoms with E-state index >= 15 is 0 Å². The maximum Gasteiger partial charge on any atom is 0.360 e. The molecule has 0 bridgehead atoms. The van der Waals surface area contributed by atoms with Gasteiger partial charge in [0, 0.05) is 0 Å². The number of hydrogen-bond donors (Lipinski definition) is 1. The Morgan fingerprint density at radius 1 is 1.67 bits per heavy atom. The predicted octanol–water partition coefficient (Wildman–Crippen LogP) is 0.229. The number of esters is 1. The topological polar surface area (TPSA) is 96.2 Å². The molecule has 0 spiro atoms. The summed E-state index contributed by atoms with van der Waals surface area (Å²) in [6.07, 6.45) is 4.24. The summed E-state index contributed by atoms with van der Waals surface area (Å²) in [5.41, 5.74) is 6.36. The van der Waals surface area contributed by atoms with Gasteiger partial charge in [-0.05, 0) is 0 Å². The van der Waals surface area contributed by atoms with Crippen molar-refractivity contribution in [1.29, 1.82) is 0 Å². The molecule has 7 heteroatoms. The largest absolute Gasteiger partial charge is 0.464 e. The number of carbonyl (C=O) groups excluding carboxylic acids is 1. The standard InChI is InChI=1S/C8H8N4O3/c1-14-8(13)6-7(9)12(4-10-6)5-2-11-15-3-5/h2-4H,9H2,1H3. The molecular formula is C8H8N4O3. The van der Waals surface area contributed by atoms with E-state index in [0.717, 1.165) is 0 Å². The molecule has 2 aromatic rings. The lowest BCUT2D eigenvalue weighted by Gasteiger charge is -2.00. The van der Waals surface area contributed by atoms with Gasteiger partial charge >= 0.3 is 5.97 Å². The Labute approximate surface area is 84.4 Å². The molecule has 0 aliphatic rings. The first-order chi connectivity index (χ1) is 7.24. The normalized spacial score (nSPS) is 10.2. The Bertz CT molecular complexity index is 474. The lowest BCUT2D eigenvalue weighted by Crippen LogP contribution is -2.07. The van der Waals surface area contributed by atoms with E-state index in [1.165, 1.54) is 30.5 Å². The van der Waals surface area contributed by atoms with Crippen LogP contribution >= 0.6 is 0 Å². The van der Waals surface area contributed by atoms with E-state index in [1.807, 2.05) is 0 Å². The molecule has 0 unspecified atom stereocenters. The van der Waals surface area contributed by atoms with Gasteiger partial charge in [0.2, 0.25) is 0 Å². The lowest BCUT2D eigenvalue weighted by molar-refractivity contribution is 0.0596. The summed E-state index contributed by atoms with van der Waals surface area (Å²) in [5.74, 6) is -0.396. The highest BCUT2D eigenvalue weighted by atomic mass is 16.5. The zero-order chi connectivity index (χ0) is 10.8. The van der Waals surface area contributed by atoms with Crippen LogP contribution in [0.5, 0.6) is 0 Å². The molecule has 78 valence electrons. The fourth-order valence-corrected chi connectivity index (χ4v) is 1.14. The van der Waals surface area contributed by atoms with Crippen molar-refractivity contribution in [3.05, 3.63) is 24.5 Å². The molecule has 7 nitrogen and oxygen atoms in total. The summed E-state index contributed by atoms with van der Waals surface area (Å²) in [6, 6.07) is 0. The first-order valence-electron chi connectivity index (χ1n) is 4.05. The van der Waals surface area contributed by atoms with Crippen molar-refractivity contribution in [2.45, 2.75) is 0 Å². The van der Waals surface area contributed by atoms with Crippen LogP contribution in [0.25, 0.3) is 5.69 Å². The van der Waals surface area contributed by atoms with Gasteiger partial charge in [0.15, 0.2) is 5.69 Å². The molecule has 0 fully saturated rings. The van der Waals surface area contributed by atoms with Crippen molar-refractivity contribution in [3.8, 4) is 5.69 Å². The number of methoxy groups -OCH3 is 1. The number of rotatable bonds is 2. The molecule has 2 aromatic heterocycles. The Morgan fingerprint density at radius 2 is 2.47 bits per heavy atom. The zero-order valence-corrected chi connectivity index (χ0v) is 7.88. The van der Waals surface area contributed by atoms with Crippen LogP contribution < -0.4 is 5.73 Å². The van der Waals surface area contributed by atoms with Crippen LogP contribution in [0.3, 0.4) is 0 Å². The average Bonchev–Trinajstić information content (AvgIpc) is 2.85. The maximum atomic E-state index is 11.2. The van der Waals surface area contributed by atoms with Gasteiger partial charge in [0.1, 0.15) is 24.1 Å². The third-order valence-corrected chi connectivity index (χ3v) is 1.88. The average molecular weight is 208 g/mol. The van der Waals surface area contributed by atoms with E-state index in [1.54, 1.807) is 0 Å². The SMILES string of the molecule is COC(=O)c1ncn(-c2cnoc2)c1N. The third-order valence-electron chi connectivity index (χ3n) is 1.88. The van der Waals surface area contributed by atoms with Gasteiger partial charge in [-0.25, -0.2) is 9.78 Å². The van der Waals surface area contributed by atoms with E-state index in [-0.39, 0.29) is 11.5 Å². The number of ether oxygens (including phenoxy) is 1. The molecule has 0 amide bonds. The van der Waals surface area contributed by atoms with E-state index < -0.39 is 5.97 Å². The van der Waals surface area contributed by atoms with Crippen molar-refractivity contribution in [3.63, 3.8) is 0 Å². The van der Waals surface area contributed by atoms with Gasteiger partial charge in [-0.2, -0.15) is 0 Å². The molecular weight excluding hydrogens is 200 g/mol. The number of nitrogens with two attached hydrogens (primary N) is 1. The van der Waals surface area contributed by atoms with Crippen LogP contribution in [-0.2, 0) is 4.74 Å². The van der Waals surface area contributed by atoms with Gasteiger partial charge in [0.05, 0.1) is 13.3 Å². The second kappa shape index (κ2) is 3.45. The molecule has 2 N–H and O–H groups in total. The minimum atomic E-state index is -0.581. The van der Waals surface area contributed by atoms with Gasteiger partial charge in [-0.3, -0.25) is 4.57 Å². The minimum Gasteiger partial charge on any atom is -0.464 e. The highest BCUT2D eigenvalue weighted by Crippen LogP contribution is 2.16. The minimum absolute atomic E-state index is 0.0682. The highest BCUT2D eigenvalue weighted by Gasteiger charge is 2.17. The van der Waals surface area contributed by atoms with Crippen LogP contribution in [0, 0.1) is 0 Å². The molecule has 0 saturated carbocycles. The molecule has 2 heterocycles. The van der Waals surface area contributed by atoms with Gasteiger partial charge < -0.3 is 15.0 Å². The Kier molecular flexibility index (Phi) is 2.13.